The molecule has 1 amide bonds. The van der Waals surface area contributed by atoms with Crippen LogP contribution in [0.2, 0.25) is 0 Å². The second-order valence-electron chi connectivity index (χ2n) is 6.78. The molecular weight excluding hydrogens is 258 g/mol. The fraction of sp³-hybridized carbons (Fsp3) is 0.714. The van der Waals surface area contributed by atoms with Gasteiger partial charge in [0.05, 0.1) is 5.01 Å². The maximum atomic E-state index is 12.4. The molecule has 0 saturated carbocycles. The number of carbonyl (C=O) groups is 1. The van der Waals surface area contributed by atoms with E-state index in [-0.39, 0.29) is 16.7 Å². The van der Waals surface area contributed by atoms with Crippen LogP contribution in [0.25, 0.3) is 0 Å². The number of nitrogens with two attached hydrogens (primary N) is 1. The van der Waals surface area contributed by atoms with E-state index in [1.807, 2.05) is 10.3 Å². The first kappa shape index (κ1) is 14.5. The molecule has 1 aliphatic heterocycles. The Kier molecular flexibility index (Phi) is 3.71. The zero-order valence-electron chi connectivity index (χ0n) is 12.2. The molecule has 1 unspecified atom stereocenters. The Hall–Kier alpha value is -0.940. The normalized spacial score (nSPS) is 23.9. The lowest BCUT2D eigenvalue weighted by atomic mass is 9.90. The SMILES string of the molecule is CC1(CN)CCN(C(=O)c2csc(C(C)(C)C)n2)C1. The van der Waals surface area contributed by atoms with E-state index in [4.69, 9.17) is 5.73 Å². The van der Waals surface area contributed by atoms with Gasteiger partial charge in [0.1, 0.15) is 5.69 Å². The Bertz CT molecular complexity index is 477. The summed E-state index contributed by atoms with van der Waals surface area (Å²) < 4.78 is 0. The van der Waals surface area contributed by atoms with E-state index < -0.39 is 0 Å². The third-order valence-electron chi connectivity index (χ3n) is 3.70. The maximum Gasteiger partial charge on any atom is 0.273 e. The summed E-state index contributed by atoms with van der Waals surface area (Å²) in [6.45, 7) is 10.6. The highest BCUT2D eigenvalue weighted by molar-refractivity contribution is 7.10. The van der Waals surface area contributed by atoms with E-state index in [0.717, 1.165) is 24.5 Å². The van der Waals surface area contributed by atoms with Crippen molar-refractivity contribution in [3.63, 3.8) is 0 Å². The van der Waals surface area contributed by atoms with Crippen LogP contribution in [0.4, 0.5) is 0 Å². The van der Waals surface area contributed by atoms with E-state index in [0.29, 0.717) is 12.2 Å². The summed E-state index contributed by atoms with van der Waals surface area (Å²) in [7, 11) is 0. The quantitative estimate of drug-likeness (QED) is 0.904. The number of rotatable bonds is 2. The Morgan fingerprint density at radius 3 is 2.74 bits per heavy atom. The van der Waals surface area contributed by atoms with Crippen molar-refractivity contribution in [2.75, 3.05) is 19.6 Å². The van der Waals surface area contributed by atoms with Crippen LogP contribution >= 0.6 is 11.3 Å². The van der Waals surface area contributed by atoms with Crippen LogP contribution in [-0.4, -0.2) is 35.4 Å². The van der Waals surface area contributed by atoms with Gasteiger partial charge in [0.15, 0.2) is 0 Å². The smallest absolute Gasteiger partial charge is 0.273 e. The lowest BCUT2D eigenvalue weighted by molar-refractivity contribution is 0.0771. The second-order valence-corrected chi connectivity index (χ2v) is 7.64. The molecule has 1 aliphatic rings. The Morgan fingerprint density at radius 2 is 2.26 bits per heavy atom. The van der Waals surface area contributed by atoms with E-state index in [9.17, 15) is 4.79 Å². The molecule has 1 saturated heterocycles. The van der Waals surface area contributed by atoms with Crippen molar-refractivity contribution >= 4 is 17.2 Å². The summed E-state index contributed by atoms with van der Waals surface area (Å²) in [5.41, 5.74) is 6.43. The van der Waals surface area contributed by atoms with Gasteiger partial charge >= 0.3 is 0 Å². The van der Waals surface area contributed by atoms with Gasteiger partial charge in [0.2, 0.25) is 0 Å². The molecule has 4 nitrogen and oxygen atoms in total. The summed E-state index contributed by atoms with van der Waals surface area (Å²) in [6, 6.07) is 0. The third-order valence-corrected chi connectivity index (χ3v) is 4.97. The molecule has 0 spiro atoms. The van der Waals surface area contributed by atoms with Crippen molar-refractivity contribution in [3.05, 3.63) is 16.1 Å². The van der Waals surface area contributed by atoms with Crippen molar-refractivity contribution in [2.24, 2.45) is 11.1 Å². The van der Waals surface area contributed by atoms with E-state index in [2.05, 4.69) is 32.7 Å². The number of nitrogens with zero attached hydrogens (tertiary/aromatic N) is 2. The number of likely N-dealkylation sites (tertiary alicyclic amines) is 1. The zero-order valence-corrected chi connectivity index (χ0v) is 13.0. The molecule has 5 heteroatoms. The summed E-state index contributed by atoms with van der Waals surface area (Å²) >= 11 is 1.57. The number of amides is 1. The highest BCUT2D eigenvalue weighted by atomic mass is 32.1. The number of carbonyl (C=O) groups excluding carboxylic acids is 1. The van der Waals surface area contributed by atoms with Crippen molar-refractivity contribution < 1.29 is 4.79 Å². The van der Waals surface area contributed by atoms with Crippen molar-refractivity contribution in [1.29, 1.82) is 0 Å². The Morgan fingerprint density at radius 1 is 1.58 bits per heavy atom. The highest BCUT2D eigenvalue weighted by Crippen LogP contribution is 2.31. The molecule has 0 aromatic carbocycles. The third kappa shape index (κ3) is 2.98. The van der Waals surface area contributed by atoms with Crippen LogP contribution in [0, 0.1) is 5.41 Å². The molecule has 0 aliphatic carbocycles. The van der Waals surface area contributed by atoms with Gasteiger partial charge in [-0.15, -0.1) is 11.3 Å². The van der Waals surface area contributed by atoms with Gasteiger partial charge in [0.25, 0.3) is 5.91 Å². The largest absolute Gasteiger partial charge is 0.337 e. The van der Waals surface area contributed by atoms with Gasteiger partial charge in [-0.2, -0.15) is 0 Å². The molecular formula is C14H23N3OS. The van der Waals surface area contributed by atoms with E-state index in [1.54, 1.807) is 11.3 Å². The monoisotopic (exact) mass is 281 g/mol. The van der Waals surface area contributed by atoms with Gasteiger partial charge in [0, 0.05) is 23.9 Å². The molecule has 1 atom stereocenters. The summed E-state index contributed by atoms with van der Waals surface area (Å²) in [6.07, 6.45) is 0.978. The molecule has 1 aromatic heterocycles. The van der Waals surface area contributed by atoms with Gasteiger partial charge in [-0.05, 0) is 18.4 Å². The first-order valence-electron chi connectivity index (χ1n) is 6.70. The second kappa shape index (κ2) is 4.87. The van der Waals surface area contributed by atoms with Crippen molar-refractivity contribution in [1.82, 2.24) is 9.88 Å². The number of hydrogen-bond acceptors (Lipinski definition) is 4. The molecule has 2 heterocycles. The fourth-order valence-corrected chi connectivity index (χ4v) is 3.12. The van der Waals surface area contributed by atoms with Crippen LogP contribution in [0.5, 0.6) is 0 Å². The predicted octanol–water partition coefficient (Wildman–Crippen LogP) is 2.25. The number of aromatic nitrogens is 1. The van der Waals surface area contributed by atoms with Crippen molar-refractivity contribution in [2.45, 2.75) is 39.5 Å². The average Bonchev–Trinajstić information content (AvgIpc) is 2.94. The molecule has 0 radical (unpaired) electrons. The number of thiazole rings is 1. The van der Waals surface area contributed by atoms with Crippen LogP contribution in [0.1, 0.15) is 49.6 Å². The number of hydrogen-bond donors (Lipinski definition) is 1. The van der Waals surface area contributed by atoms with Crippen molar-refractivity contribution in [3.8, 4) is 0 Å². The maximum absolute atomic E-state index is 12.4. The molecule has 19 heavy (non-hydrogen) atoms. The van der Waals surface area contributed by atoms with Crippen LogP contribution in [0.3, 0.4) is 0 Å². The topological polar surface area (TPSA) is 59.2 Å². The predicted molar refractivity (Wildman–Crippen MR) is 78.5 cm³/mol. The summed E-state index contributed by atoms with van der Waals surface area (Å²) in [5, 5.41) is 2.89. The first-order valence-corrected chi connectivity index (χ1v) is 7.58. The minimum Gasteiger partial charge on any atom is -0.337 e. The standard InChI is InChI=1S/C14H23N3OS/c1-13(2,3)12-16-10(7-19-12)11(18)17-6-5-14(4,8-15)9-17/h7H,5-6,8-9,15H2,1-4H3. The van der Waals surface area contributed by atoms with Gasteiger partial charge in [-0.3, -0.25) is 4.79 Å². The Balaban J connectivity index is 2.11. The molecule has 106 valence electrons. The van der Waals surface area contributed by atoms with Crippen LogP contribution < -0.4 is 5.73 Å². The minimum atomic E-state index is -0.0000208. The molecule has 1 aromatic rings. The van der Waals surface area contributed by atoms with Crippen LogP contribution in [0.15, 0.2) is 5.38 Å². The molecule has 2 rings (SSSR count). The fourth-order valence-electron chi connectivity index (χ4n) is 2.24. The molecule has 1 fully saturated rings. The van der Waals surface area contributed by atoms with Gasteiger partial charge in [-0.25, -0.2) is 4.98 Å². The van der Waals surface area contributed by atoms with Gasteiger partial charge < -0.3 is 10.6 Å². The summed E-state index contributed by atoms with van der Waals surface area (Å²) in [4.78, 5) is 18.8. The van der Waals surface area contributed by atoms with E-state index >= 15 is 0 Å². The highest BCUT2D eigenvalue weighted by Gasteiger charge is 2.36. The lowest BCUT2D eigenvalue weighted by Gasteiger charge is -2.22. The average molecular weight is 281 g/mol. The zero-order chi connectivity index (χ0) is 14.3. The van der Waals surface area contributed by atoms with Gasteiger partial charge in [-0.1, -0.05) is 27.7 Å². The molecule has 2 N–H and O–H groups in total. The van der Waals surface area contributed by atoms with E-state index in [1.165, 1.54) is 0 Å². The molecule has 0 bridgehead atoms. The minimum absolute atomic E-state index is 0.0000208. The van der Waals surface area contributed by atoms with Crippen LogP contribution in [-0.2, 0) is 5.41 Å². The summed E-state index contributed by atoms with van der Waals surface area (Å²) in [5.74, 6) is 0.0453. The first-order chi connectivity index (χ1) is 8.75. The Labute approximate surface area is 119 Å². The lowest BCUT2D eigenvalue weighted by Crippen LogP contribution is -2.34.